The maximum Gasteiger partial charge on any atom is 0.263 e. The topological polar surface area (TPSA) is 52.6 Å². The van der Waals surface area contributed by atoms with Gasteiger partial charge in [-0.2, -0.15) is 0 Å². The summed E-state index contributed by atoms with van der Waals surface area (Å²) < 4.78 is 26.7. The van der Waals surface area contributed by atoms with E-state index in [0.717, 1.165) is 26.2 Å². The van der Waals surface area contributed by atoms with Crippen LogP contribution in [-0.4, -0.2) is 56.6 Å². The molecule has 0 amide bonds. The molecule has 2 rings (SSSR count). The standard InChI is InChI=1S/C12H17N3O2S2/c1-14-7-9-15(10-8-14)12(18)13-19(16,17)11-5-3-2-4-6-11/h2-6H,7-10H2,1H3,(H,13,18). The molecule has 0 bridgehead atoms. The first-order valence-electron chi connectivity index (χ1n) is 6.04. The van der Waals surface area contributed by atoms with E-state index in [4.69, 9.17) is 12.2 Å². The Labute approximate surface area is 119 Å². The number of hydrogen-bond acceptors (Lipinski definition) is 4. The van der Waals surface area contributed by atoms with Crippen molar-refractivity contribution in [3.63, 3.8) is 0 Å². The van der Waals surface area contributed by atoms with E-state index in [-0.39, 0.29) is 10.0 Å². The van der Waals surface area contributed by atoms with Crippen LogP contribution in [0, 0.1) is 0 Å². The number of piperazine rings is 1. The van der Waals surface area contributed by atoms with Crippen LogP contribution >= 0.6 is 12.2 Å². The molecule has 0 spiro atoms. The molecule has 1 aromatic carbocycles. The number of benzene rings is 1. The molecular weight excluding hydrogens is 282 g/mol. The lowest BCUT2D eigenvalue weighted by atomic mass is 10.3. The van der Waals surface area contributed by atoms with Gasteiger partial charge in [0.15, 0.2) is 5.11 Å². The third-order valence-electron chi connectivity index (χ3n) is 3.07. The lowest BCUT2D eigenvalue weighted by Crippen LogP contribution is -2.51. The Hall–Kier alpha value is -1.18. The van der Waals surface area contributed by atoms with Gasteiger partial charge in [-0.25, -0.2) is 8.42 Å². The van der Waals surface area contributed by atoms with Crippen molar-refractivity contribution in [2.45, 2.75) is 4.90 Å². The van der Waals surface area contributed by atoms with Crippen LogP contribution < -0.4 is 4.72 Å². The first kappa shape index (κ1) is 14.2. The number of thiocarbonyl (C=S) groups is 1. The van der Waals surface area contributed by atoms with Gasteiger partial charge < -0.3 is 9.80 Å². The van der Waals surface area contributed by atoms with Gasteiger partial charge in [0.25, 0.3) is 10.0 Å². The van der Waals surface area contributed by atoms with E-state index in [1.807, 2.05) is 11.9 Å². The molecule has 1 fully saturated rings. The average molecular weight is 299 g/mol. The normalized spacial score (nSPS) is 17.2. The van der Waals surface area contributed by atoms with Gasteiger partial charge in [0.05, 0.1) is 4.90 Å². The number of sulfonamides is 1. The van der Waals surface area contributed by atoms with E-state index < -0.39 is 10.0 Å². The first-order valence-corrected chi connectivity index (χ1v) is 7.93. The number of likely N-dealkylation sites (N-methyl/N-ethyl adjacent to an activating group) is 1. The molecule has 0 atom stereocenters. The second kappa shape index (κ2) is 5.85. The highest BCUT2D eigenvalue weighted by atomic mass is 32.2. The van der Waals surface area contributed by atoms with Crippen LogP contribution in [0.4, 0.5) is 0 Å². The molecule has 1 aliphatic heterocycles. The highest BCUT2D eigenvalue weighted by molar-refractivity contribution is 7.91. The van der Waals surface area contributed by atoms with Crippen LogP contribution in [0.3, 0.4) is 0 Å². The van der Waals surface area contributed by atoms with Crippen molar-refractivity contribution >= 4 is 27.4 Å². The van der Waals surface area contributed by atoms with E-state index in [2.05, 4.69) is 9.62 Å². The minimum atomic E-state index is -3.57. The summed E-state index contributed by atoms with van der Waals surface area (Å²) >= 11 is 5.18. The Morgan fingerprint density at radius 3 is 2.32 bits per heavy atom. The van der Waals surface area contributed by atoms with Gasteiger partial charge in [0, 0.05) is 26.2 Å². The van der Waals surface area contributed by atoms with Crippen molar-refractivity contribution in [1.82, 2.24) is 14.5 Å². The molecule has 19 heavy (non-hydrogen) atoms. The number of nitrogens with one attached hydrogen (secondary N) is 1. The molecule has 1 heterocycles. The molecule has 0 radical (unpaired) electrons. The number of hydrogen-bond donors (Lipinski definition) is 1. The molecule has 1 aliphatic rings. The lowest BCUT2D eigenvalue weighted by Gasteiger charge is -2.33. The van der Waals surface area contributed by atoms with Crippen molar-refractivity contribution in [3.8, 4) is 0 Å². The first-order chi connectivity index (χ1) is 8.99. The van der Waals surface area contributed by atoms with E-state index in [1.54, 1.807) is 30.3 Å². The van der Waals surface area contributed by atoms with Crippen molar-refractivity contribution in [1.29, 1.82) is 0 Å². The van der Waals surface area contributed by atoms with Crippen LogP contribution in [0.1, 0.15) is 0 Å². The zero-order chi connectivity index (χ0) is 13.9. The van der Waals surface area contributed by atoms with E-state index >= 15 is 0 Å². The molecule has 0 aromatic heterocycles. The van der Waals surface area contributed by atoms with Crippen LogP contribution in [0.2, 0.25) is 0 Å². The van der Waals surface area contributed by atoms with Gasteiger partial charge in [-0.05, 0) is 31.4 Å². The maximum atomic E-state index is 12.1. The zero-order valence-corrected chi connectivity index (χ0v) is 12.4. The monoisotopic (exact) mass is 299 g/mol. The van der Waals surface area contributed by atoms with Crippen molar-refractivity contribution in [2.24, 2.45) is 0 Å². The minimum absolute atomic E-state index is 0.228. The molecular formula is C12H17N3O2S2. The third-order valence-corrected chi connectivity index (χ3v) is 4.91. The summed E-state index contributed by atoms with van der Waals surface area (Å²) in [5.41, 5.74) is 0. The fourth-order valence-electron chi connectivity index (χ4n) is 1.85. The van der Waals surface area contributed by atoms with Crippen LogP contribution in [-0.2, 0) is 10.0 Å². The largest absolute Gasteiger partial charge is 0.346 e. The van der Waals surface area contributed by atoms with E-state index in [9.17, 15) is 8.42 Å². The Kier molecular flexibility index (Phi) is 4.38. The summed E-state index contributed by atoms with van der Waals surface area (Å²) in [4.78, 5) is 4.30. The Morgan fingerprint density at radius 2 is 1.74 bits per heavy atom. The van der Waals surface area contributed by atoms with Gasteiger partial charge >= 0.3 is 0 Å². The van der Waals surface area contributed by atoms with Crippen molar-refractivity contribution in [2.75, 3.05) is 33.2 Å². The summed E-state index contributed by atoms with van der Waals surface area (Å²) in [5, 5.41) is 0.275. The summed E-state index contributed by atoms with van der Waals surface area (Å²) in [6, 6.07) is 8.25. The fourth-order valence-corrected chi connectivity index (χ4v) is 3.35. The lowest BCUT2D eigenvalue weighted by molar-refractivity contribution is 0.215. The van der Waals surface area contributed by atoms with Crippen molar-refractivity contribution < 1.29 is 8.42 Å². The highest BCUT2D eigenvalue weighted by Crippen LogP contribution is 2.08. The fraction of sp³-hybridized carbons (Fsp3) is 0.417. The van der Waals surface area contributed by atoms with E-state index in [1.165, 1.54) is 0 Å². The average Bonchev–Trinajstić information content (AvgIpc) is 2.40. The summed E-state index contributed by atoms with van der Waals surface area (Å²) in [5.74, 6) is 0. The molecule has 104 valence electrons. The second-order valence-corrected chi connectivity index (χ2v) is 6.58. The zero-order valence-electron chi connectivity index (χ0n) is 10.7. The van der Waals surface area contributed by atoms with E-state index in [0.29, 0.717) is 0 Å². The smallest absolute Gasteiger partial charge is 0.263 e. The van der Waals surface area contributed by atoms with Gasteiger partial charge in [0.2, 0.25) is 0 Å². The summed E-state index contributed by atoms with van der Waals surface area (Å²) in [6.45, 7) is 3.25. The quantitative estimate of drug-likeness (QED) is 0.806. The highest BCUT2D eigenvalue weighted by Gasteiger charge is 2.21. The molecule has 5 nitrogen and oxygen atoms in total. The van der Waals surface area contributed by atoms with Crippen LogP contribution in [0.15, 0.2) is 35.2 Å². The Bertz CT molecular complexity index is 537. The molecule has 7 heteroatoms. The summed E-state index contributed by atoms with van der Waals surface area (Å²) in [7, 11) is -1.53. The molecule has 1 N–H and O–H groups in total. The van der Waals surface area contributed by atoms with Crippen LogP contribution in [0.25, 0.3) is 0 Å². The predicted molar refractivity (Wildman–Crippen MR) is 78.4 cm³/mol. The molecule has 0 unspecified atom stereocenters. The second-order valence-electron chi connectivity index (χ2n) is 4.51. The van der Waals surface area contributed by atoms with Crippen molar-refractivity contribution in [3.05, 3.63) is 30.3 Å². The SMILES string of the molecule is CN1CCN(C(=S)NS(=O)(=O)c2ccccc2)CC1. The van der Waals surface area contributed by atoms with Gasteiger partial charge in [-0.3, -0.25) is 4.72 Å². The van der Waals surface area contributed by atoms with Gasteiger partial charge in [-0.1, -0.05) is 18.2 Å². The van der Waals surface area contributed by atoms with Crippen LogP contribution in [0.5, 0.6) is 0 Å². The number of rotatable bonds is 2. The molecule has 1 saturated heterocycles. The molecule has 0 saturated carbocycles. The maximum absolute atomic E-state index is 12.1. The minimum Gasteiger partial charge on any atom is -0.346 e. The Morgan fingerprint density at radius 1 is 1.16 bits per heavy atom. The summed E-state index contributed by atoms with van der Waals surface area (Å²) in [6.07, 6.45) is 0. The third kappa shape index (κ3) is 3.65. The van der Waals surface area contributed by atoms with Gasteiger partial charge in [-0.15, -0.1) is 0 Å². The number of nitrogens with zero attached hydrogens (tertiary/aromatic N) is 2. The predicted octanol–water partition coefficient (Wildman–Crippen LogP) is 0.497. The van der Waals surface area contributed by atoms with Gasteiger partial charge in [0.1, 0.15) is 0 Å². The Balaban J connectivity index is 2.03. The molecule has 0 aliphatic carbocycles. The molecule has 1 aromatic rings.